The maximum absolute atomic E-state index is 12.7. The van der Waals surface area contributed by atoms with Gasteiger partial charge < -0.3 is 10.2 Å². The third-order valence-electron chi connectivity index (χ3n) is 5.26. The van der Waals surface area contributed by atoms with E-state index in [2.05, 4.69) is 17.4 Å². The summed E-state index contributed by atoms with van der Waals surface area (Å²) in [6.07, 6.45) is 1.41. The molecule has 0 saturated carbocycles. The lowest BCUT2D eigenvalue weighted by Crippen LogP contribution is -2.40. The summed E-state index contributed by atoms with van der Waals surface area (Å²) < 4.78 is 0. The number of aromatic nitrogens is 1. The molecule has 0 radical (unpaired) electrons. The monoisotopic (exact) mass is 405 g/mol. The maximum atomic E-state index is 12.7. The Kier molecular flexibility index (Phi) is 5.71. The molecule has 1 N–H and O–H groups in total. The number of amides is 2. The third kappa shape index (κ3) is 4.54. The predicted molar refractivity (Wildman–Crippen MR) is 117 cm³/mol. The highest BCUT2D eigenvalue weighted by Gasteiger charge is 2.26. The zero-order chi connectivity index (χ0) is 20.2. The molecule has 148 valence electrons. The summed E-state index contributed by atoms with van der Waals surface area (Å²) in [4.78, 5) is 30.7. The van der Waals surface area contributed by atoms with Gasteiger partial charge in [-0.2, -0.15) is 0 Å². The maximum Gasteiger partial charge on any atom is 0.227 e. The van der Waals surface area contributed by atoms with Crippen molar-refractivity contribution in [3.8, 4) is 21.8 Å². The molecule has 0 aliphatic carbocycles. The summed E-state index contributed by atoms with van der Waals surface area (Å²) in [6.45, 7) is 2.87. The fourth-order valence-corrected chi connectivity index (χ4v) is 4.41. The van der Waals surface area contributed by atoms with E-state index in [1.807, 2.05) is 47.8 Å². The molecule has 4 rings (SSSR count). The molecule has 1 fully saturated rings. The normalized spacial score (nSPS) is 14.6. The van der Waals surface area contributed by atoms with Crippen LogP contribution in [0.3, 0.4) is 0 Å². The molecule has 1 aliphatic heterocycles. The minimum atomic E-state index is -0.0572. The molecule has 6 heteroatoms. The van der Waals surface area contributed by atoms with Gasteiger partial charge in [-0.3, -0.25) is 9.59 Å². The number of benzene rings is 2. The van der Waals surface area contributed by atoms with Crippen LogP contribution in [0, 0.1) is 5.92 Å². The minimum absolute atomic E-state index is 0.0219. The molecule has 2 heterocycles. The van der Waals surface area contributed by atoms with Gasteiger partial charge in [-0.1, -0.05) is 42.5 Å². The molecule has 0 spiro atoms. The number of hydrogen-bond acceptors (Lipinski definition) is 4. The van der Waals surface area contributed by atoms with Crippen molar-refractivity contribution in [1.82, 2.24) is 9.88 Å². The van der Waals surface area contributed by atoms with Gasteiger partial charge in [0.2, 0.25) is 11.8 Å². The van der Waals surface area contributed by atoms with Crippen LogP contribution >= 0.6 is 11.3 Å². The zero-order valence-electron chi connectivity index (χ0n) is 16.3. The Labute approximate surface area is 174 Å². The van der Waals surface area contributed by atoms with E-state index < -0.39 is 0 Å². The van der Waals surface area contributed by atoms with E-state index in [9.17, 15) is 9.59 Å². The van der Waals surface area contributed by atoms with Gasteiger partial charge in [0.1, 0.15) is 5.01 Å². The van der Waals surface area contributed by atoms with Crippen molar-refractivity contribution >= 4 is 28.8 Å². The van der Waals surface area contributed by atoms with Gasteiger partial charge in [-0.25, -0.2) is 4.98 Å². The van der Waals surface area contributed by atoms with E-state index >= 15 is 0 Å². The van der Waals surface area contributed by atoms with E-state index in [4.69, 9.17) is 4.98 Å². The van der Waals surface area contributed by atoms with Crippen LogP contribution in [-0.2, 0) is 9.59 Å². The second-order valence-corrected chi connectivity index (χ2v) is 8.11. The summed E-state index contributed by atoms with van der Waals surface area (Å²) >= 11 is 1.61. The van der Waals surface area contributed by atoms with Gasteiger partial charge in [0.05, 0.1) is 5.69 Å². The summed E-state index contributed by atoms with van der Waals surface area (Å²) in [5.41, 5.74) is 3.76. The molecule has 5 nitrogen and oxygen atoms in total. The van der Waals surface area contributed by atoms with Crippen LogP contribution in [0.1, 0.15) is 19.8 Å². The quantitative estimate of drug-likeness (QED) is 0.686. The SMILES string of the molecule is CC(=O)N1CCC(C(=O)Nc2cccc(-c3csc(-c4ccccc4)n3)c2)CC1. The second kappa shape index (κ2) is 8.57. The second-order valence-electron chi connectivity index (χ2n) is 7.25. The van der Waals surface area contributed by atoms with E-state index in [1.165, 1.54) is 0 Å². The zero-order valence-corrected chi connectivity index (χ0v) is 17.1. The average molecular weight is 406 g/mol. The fraction of sp³-hybridized carbons (Fsp3) is 0.261. The number of carbonyl (C=O) groups is 2. The van der Waals surface area contributed by atoms with Gasteiger partial charge in [-0.15, -0.1) is 11.3 Å². The smallest absolute Gasteiger partial charge is 0.227 e. The predicted octanol–water partition coefficient (Wildman–Crippen LogP) is 4.67. The Balaban J connectivity index is 1.44. The fourth-order valence-electron chi connectivity index (χ4n) is 3.58. The van der Waals surface area contributed by atoms with Crippen molar-refractivity contribution in [1.29, 1.82) is 0 Å². The largest absolute Gasteiger partial charge is 0.343 e. The molecule has 1 aromatic heterocycles. The molecular formula is C23H23N3O2S. The van der Waals surface area contributed by atoms with Crippen molar-refractivity contribution < 1.29 is 9.59 Å². The Bertz CT molecular complexity index is 1010. The first-order chi connectivity index (χ1) is 14.1. The van der Waals surface area contributed by atoms with Crippen LogP contribution in [0.4, 0.5) is 5.69 Å². The van der Waals surface area contributed by atoms with Gasteiger partial charge >= 0.3 is 0 Å². The van der Waals surface area contributed by atoms with Crippen LogP contribution < -0.4 is 5.32 Å². The molecular weight excluding hydrogens is 382 g/mol. The molecule has 1 aliphatic rings. The standard InChI is InChI=1S/C23H23N3O2S/c1-16(27)26-12-10-17(11-13-26)22(28)24-20-9-5-8-19(14-20)21-15-29-23(25-21)18-6-3-2-4-7-18/h2-9,14-15,17H,10-13H2,1H3,(H,24,28). The summed E-state index contributed by atoms with van der Waals surface area (Å²) in [7, 11) is 0. The molecule has 0 unspecified atom stereocenters. The number of likely N-dealkylation sites (tertiary alicyclic amines) is 1. The molecule has 29 heavy (non-hydrogen) atoms. The number of nitrogens with zero attached hydrogens (tertiary/aromatic N) is 2. The summed E-state index contributed by atoms with van der Waals surface area (Å²) in [5.74, 6) is 0.0431. The van der Waals surface area contributed by atoms with Gasteiger partial charge in [0.15, 0.2) is 0 Å². The van der Waals surface area contributed by atoms with Crippen molar-refractivity contribution in [3.63, 3.8) is 0 Å². The van der Waals surface area contributed by atoms with Crippen molar-refractivity contribution in [2.45, 2.75) is 19.8 Å². The lowest BCUT2D eigenvalue weighted by Gasteiger charge is -2.30. The third-order valence-corrected chi connectivity index (χ3v) is 6.15. The molecule has 0 atom stereocenters. The van der Waals surface area contributed by atoms with Crippen LogP contribution in [-0.4, -0.2) is 34.8 Å². The van der Waals surface area contributed by atoms with E-state index in [0.29, 0.717) is 25.9 Å². The first kappa shape index (κ1) is 19.3. The minimum Gasteiger partial charge on any atom is -0.343 e. The average Bonchev–Trinajstić information content (AvgIpc) is 3.25. The molecule has 2 aromatic carbocycles. The Hall–Kier alpha value is -2.99. The highest BCUT2D eigenvalue weighted by atomic mass is 32.1. The molecule has 1 saturated heterocycles. The topological polar surface area (TPSA) is 62.3 Å². The number of rotatable bonds is 4. The Morgan fingerprint density at radius 2 is 1.76 bits per heavy atom. The van der Waals surface area contributed by atoms with Gasteiger partial charge in [0, 0.05) is 48.1 Å². The highest BCUT2D eigenvalue weighted by molar-refractivity contribution is 7.13. The van der Waals surface area contributed by atoms with E-state index in [-0.39, 0.29) is 17.7 Å². The first-order valence-corrected chi connectivity index (χ1v) is 10.7. The number of carbonyl (C=O) groups excluding carboxylic acids is 2. The Morgan fingerprint density at radius 1 is 1.03 bits per heavy atom. The van der Waals surface area contributed by atoms with Gasteiger partial charge in [0.25, 0.3) is 0 Å². The van der Waals surface area contributed by atoms with Crippen molar-refractivity contribution in [3.05, 3.63) is 60.0 Å². The lowest BCUT2D eigenvalue weighted by molar-refractivity contribution is -0.132. The summed E-state index contributed by atoms with van der Waals surface area (Å²) in [6, 6.07) is 17.9. The lowest BCUT2D eigenvalue weighted by atomic mass is 9.95. The Morgan fingerprint density at radius 3 is 2.48 bits per heavy atom. The highest BCUT2D eigenvalue weighted by Crippen LogP contribution is 2.30. The van der Waals surface area contributed by atoms with Crippen LogP contribution in [0.5, 0.6) is 0 Å². The van der Waals surface area contributed by atoms with Crippen LogP contribution in [0.2, 0.25) is 0 Å². The number of piperidine rings is 1. The molecule has 0 bridgehead atoms. The van der Waals surface area contributed by atoms with E-state index in [1.54, 1.807) is 23.2 Å². The van der Waals surface area contributed by atoms with Gasteiger partial charge in [-0.05, 0) is 25.0 Å². The summed E-state index contributed by atoms with van der Waals surface area (Å²) in [5, 5.41) is 6.06. The number of thiazole rings is 1. The van der Waals surface area contributed by atoms with Crippen molar-refractivity contribution in [2.75, 3.05) is 18.4 Å². The van der Waals surface area contributed by atoms with Crippen molar-refractivity contribution in [2.24, 2.45) is 5.92 Å². The van der Waals surface area contributed by atoms with E-state index in [0.717, 1.165) is 27.5 Å². The molecule has 2 amide bonds. The van der Waals surface area contributed by atoms with Crippen LogP contribution in [0.15, 0.2) is 60.0 Å². The number of nitrogens with one attached hydrogen (secondary N) is 1. The number of hydrogen-bond donors (Lipinski definition) is 1. The van der Waals surface area contributed by atoms with Crippen LogP contribution in [0.25, 0.3) is 21.8 Å². The number of anilines is 1. The molecule has 3 aromatic rings. The first-order valence-electron chi connectivity index (χ1n) is 9.78.